The second-order valence-corrected chi connectivity index (χ2v) is 7.13. The molecule has 0 amide bonds. The van der Waals surface area contributed by atoms with Gasteiger partial charge < -0.3 is 5.11 Å². The fourth-order valence-electron chi connectivity index (χ4n) is 4.47. The number of hydrogen-bond donors (Lipinski definition) is 1. The molecule has 2 aliphatic rings. The van der Waals surface area contributed by atoms with Crippen molar-refractivity contribution in [2.24, 2.45) is 11.8 Å². The standard InChI is InChI=1S/C19H27NO2/c1-14-12-20(13-17(14)15-8-4-2-5-9-15)18(19(21)22)16-10-6-3-7-11-16/h2,4-5,8-9,14,16-18H,3,6-7,10-13H2,1H3,(H,21,22)/t14-,17-,18+/m0/s1. The van der Waals surface area contributed by atoms with Gasteiger partial charge in [0.25, 0.3) is 0 Å². The molecule has 0 unspecified atom stereocenters. The van der Waals surface area contributed by atoms with E-state index >= 15 is 0 Å². The molecule has 1 aliphatic heterocycles. The van der Waals surface area contributed by atoms with Crippen LogP contribution in [0.15, 0.2) is 30.3 Å². The first-order valence-corrected chi connectivity index (χ1v) is 8.68. The smallest absolute Gasteiger partial charge is 0.321 e. The summed E-state index contributed by atoms with van der Waals surface area (Å²) in [5.74, 6) is 0.709. The van der Waals surface area contributed by atoms with E-state index < -0.39 is 5.97 Å². The molecule has 1 N–H and O–H groups in total. The molecule has 1 aromatic rings. The molecule has 120 valence electrons. The summed E-state index contributed by atoms with van der Waals surface area (Å²) in [5.41, 5.74) is 1.35. The van der Waals surface area contributed by atoms with Crippen LogP contribution >= 0.6 is 0 Å². The van der Waals surface area contributed by atoms with Crippen LogP contribution < -0.4 is 0 Å². The minimum Gasteiger partial charge on any atom is -0.480 e. The van der Waals surface area contributed by atoms with Gasteiger partial charge in [0.1, 0.15) is 6.04 Å². The van der Waals surface area contributed by atoms with Crippen molar-refractivity contribution in [2.75, 3.05) is 13.1 Å². The fraction of sp³-hybridized carbons (Fsp3) is 0.632. The summed E-state index contributed by atoms with van der Waals surface area (Å²) in [6, 6.07) is 10.3. The van der Waals surface area contributed by atoms with E-state index in [0.29, 0.717) is 17.8 Å². The van der Waals surface area contributed by atoms with Gasteiger partial charge in [-0.15, -0.1) is 0 Å². The molecule has 1 saturated carbocycles. The van der Waals surface area contributed by atoms with Gasteiger partial charge in [0.2, 0.25) is 0 Å². The highest BCUT2D eigenvalue weighted by Gasteiger charge is 2.41. The predicted molar refractivity (Wildman–Crippen MR) is 87.9 cm³/mol. The van der Waals surface area contributed by atoms with Gasteiger partial charge in [0, 0.05) is 19.0 Å². The molecule has 3 rings (SSSR count). The molecule has 0 bridgehead atoms. The largest absolute Gasteiger partial charge is 0.480 e. The van der Waals surface area contributed by atoms with Crippen LogP contribution in [0.1, 0.15) is 50.5 Å². The second kappa shape index (κ2) is 6.82. The van der Waals surface area contributed by atoms with Crippen molar-refractivity contribution in [2.45, 2.75) is 51.0 Å². The molecule has 1 aliphatic carbocycles. The van der Waals surface area contributed by atoms with Gasteiger partial charge in [0.05, 0.1) is 0 Å². The second-order valence-electron chi connectivity index (χ2n) is 7.13. The average Bonchev–Trinajstić information content (AvgIpc) is 2.90. The van der Waals surface area contributed by atoms with Crippen LogP contribution in [-0.4, -0.2) is 35.1 Å². The Hall–Kier alpha value is -1.35. The number of carboxylic acids is 1. The van der Waals surface area contributed by atoms with Gasteiger partial charge in [-0.3, -0.25) is 9.69 Å². The molecule has 1 heterocycles. The van der Waals surface area contributed by atoms with Crippen LogP contribution in [0.4, 0.5) is 0 Å². The molecule has 1 aromatic carbocycles. The number of carbonyl (C=O) groups is 1. The van der Waals surface area contributed by atoms with Gasteiger partial charge in [-0.1, -0.05) is 56.5 Å². The van der Waals surface area contributed by atoms with Gasteiger partial charge in [-0.2, -0.15) is 0 Å². The highest BCUT2D eigenvalue weighted by atomic mass is 16.4. The number of carboxylic acid groups (broad SMARTS) is 1. The topological polar surface area (TPSA) is 40.5 Å². The molecule has 0 spiro atoms. The molecule has 22 heavy (non-hydrogen) atoms. The number of likely N-dealkylation sites (tertiary alicyclic amines) is 1. The van der Waals surface area contributed by atoms with Crippen LogP contribution in [0.3, 0.4) is 0 Å². The van der Waals surface area contributed by atoms with E-state index in [9.17, 15) is 9.90 Å². The Morgan fingerprint density at radius 2 is 1.82 bits per heavy atom. The van der Waals surface area contributed by atoms with Gasteiger partial charge in [0.15, 0.2) is 0 Å². The lowest BCUT2D eigenvalue weighted by Gasteiger charge is -2.33. The van der Waals surface area contributed by atoms with Crippen molar-refractivity contribution >= 4 is 5.97 Å². The first kappa shape index (κ1) is 15.5. The third kappa shape index (κ3) is 3.19. The number of nitrogens with zero attached hydrogens (tertiary/aromatic N) is 1. The first-order chi connectivity index (χ1) is 10.7. The minimum atomic E-state index is -0.618. The van der Waals surface area contributed by atoms with E-state index in [1.165, 1.54) is 24.8 Å². The van der Waals surface area contributed by atoms with E-state index in [2.05, 4.69) is 36.1 Å². The lowest BCUT2D eigenvalue weighted by Crippen LogP contribution is -2.45. The summed E-state index contributed by atoms with van der Waals surface area (Å²) >= 11 is 0. The lowest BCUT2D eigenvalue weighted by molar-refractivity contribution is -0.145. The van der Waals surface area contributed by atoms with Crippen LogP contribution in [-0.2, 0) is 4.79 Å². The van der Waals surface area contributed by atoms with E-state index in [1.807, 2.05) is 6.07 Å². The maximum Gasteiger partial charge on any atom is 0.321 e. The number of benzene rings is 1. The zero-order chi connectivity index (χ0) is 15.5. The predicted octanol–water partition coefficient (Wildman–Crippen LogP) is 3.76. The highest BCUT2D eigenvalue weighted by Crippen LogP contribution is 2.37. The summed E-state index contributed by atoms with van der Waals surface area (Å²) in [6.45, 7) is 4.06. The SMILES string of the molecule is C[C@H]1CN([C@@H](C(=O)O)C2CCCCC2)C[C@@H]1c1ccccc1. The van der Waals surface area contributed by atoms with Crippen molar-refractivity contribution in [1.82, 2.24) is 4.90 Å². The van der Waals surface area contributed by atoms with Crippen molar-refractivity contribution < 1.29 is 9.90 Å². The average molecular weight is 301 g/mol. The Morgan fingerprint density at radius 1 is 1.14 bits per heavy atom. The Bertz CT molecular complexity index is 495. The third-order valence-electron chi connectivity index (χ3n) is 5.61. The van der Waals surface area contributed by atoms with Crippen molar-refractivity contribution in [3.05, 3.63) is 35.9 Å². The summed E-state index contributed by atoms with van der Waals surface area (Å²) < 4.78 is 0. The van der Waals surface area contributed by atoms with E-state index in [4.69, 9.17) is 0 Å². The molecule has 2 fully saturated rings. The van der Waals surface area contributed by atoms with Crippen molar-refractivity contribution in [1.29, 1.82) is 0 Å². The van der Waals surface area contributed by atoms with E-state index in [0.717, 1.165) is 25.9 Å². The highest BCUT2D eigenvalue weighted by molar-refractivity contribution is 5.74. The Kier molecular flexibility index (Phi) is 4.82. The molecule has 3 atom stereocenters. The monoisotopic (exact) mass is 301 g/mol. The Balaban J connectivity index is 1.74. The molecule has 3 heteroatoms. The van der Waals surface area contributed by atoms with Crippen LogP contribution in [0.5, 0.6) is 0 Å². The van der Waals surface area contributed by atoms with Crippen LogP contribution in [0, 0.1) is 11.8 Å². The Morgan fingerprint density at radius 3 is 2.45 bits per heavy atom. The maximum absolute atomic E-state index is 11.9. The number of aliphatic carboxylic acids is 1. The summed E-state index contributed by atoms with van der Waals surface area (Å²) in [4.78, 5) is 14.1. The minimum absolute atomic E-state index is 0.281. The molecular weight excluding hydrogens is 274 g/mol. The zero-order valence-corrected chi connectivity index (χ0v) is 13.4. The molecule has 1 saturated heterocycles. The normalized spacial score (nSPS) is 28.6. The van der Waals surface area contributed by atoms with Crippen molar-refractivity contribution in [3.8, 4) is 0 Å². The molecule has 0 aromatic heterocycles. The fourth-order valence-corrected chi connectivity index (χ4v) is 4.47. The molecular formula is C19H27NO2. The summed E-state index contributed by atoms with van der Waals surface area (Å²) in [7, 11) is 0. The van der Waals surface area contributed by atoms with E-state index in [-0.39, 0.29) is 6.04 Å². The van der Waals surface area contributed by atoms with Crippen LogP contribution in [0.25, 0.3) is 0 Å². The number of rotatable bonds is 4. The summed E-state index contributed by atoms with van der Waals surface area (Å²) in [6.07, 6.45) is 5.82. The van der Waals surface area contributed by atoms with Crippen LogP contribution in [0.2, 0.25) is 0 Å². The van der Waals surface area contributed by atoms with Gasteiger partial charge in [-0.05, 0) is 30.2 Å². The van der Waals surface area contributed by atoms with Gasteiger partial charge >= 0.3 is 5.97 Å². The lowest BCUT2D eigenvalue weighted by atomic mass is 9.83. The maximum atomic E-state index is 11.9. The quantitative estimate of drug-likeness (QED) is 0.920. The van der Waals surface area contributed by atoms with E-state index in [1.54, 1.807) is 0 Å². The first-order valence-electron chi connectivity index (χ1n) is 8.68. The molecule has 0 radical (unpaired) electrons. The Labute approximate surface area is 133 Å². The van der Waals surface area contributed by atoms with Gasteiger partial charge in [-0.25, -0.2) is 0 Å². The third-order valence-corrected chi connectivity index (χ3v) is 5.61. The van der Waals surface area contributed by atoms with Crippen molar-refractivity contribution in [3.63, 3.8) is 0 Å². The zero-order valence-electron chi connectivity index (χ0n) is 13.4. The molecule has 3 nitrogen and oxygen atoms in total. The number of hydrogen-bond acceptors (Lipinski definition) is 2. The summed E-state index contributed by atoms with van der Waals surface area (Å²) in [5, 5.41) is 9.79.